The van der Waals surface area contributed by atoms with Gasteiger partial charge in [0.05, 0.1) is 23.5 Å². The maximum atomic E-state index is 9.74. The summed E-state index contributed by atoms with van der Waals surface area (Å²) in [5.74, 6) is 0.570. The Kier molecular flexibility index (Phi) is 6.16. The Labute approximate surface area is 132 Å². The van der Waals surface area contributed by atoms with Crippen molar-refractivity contribution in [2.45, 2.75) is 20.0 Å². The number of nitrogens with one attached hydrogen (secondary N) is 1. The average molecular weight is 363 g/mol. The van der Waals surface area contributed by atoms with E-state index in [9.17, 15) is 5.11 Å². The molecule has 0 fully saturated rings. The summed E-state index contributed by atoms with van der Waals surface area (Å²) in [6.07, 6.45) is 3.74. The molecule has 0 saturated carbocycles. The van der Waals surface area contributed by atoms with Crippen LogP contribution in [0.1, 0.15) is 12.5 Å². The van der Waals surface area contributed by atoms with Crippen molar-refractivity contribution in [2.24, 2.45) is 0 Å². The van der Waals surface area contributed by atoms with Crippen molar-refractivity contribution in [3.63, 3.8) is 0 Å². The maximum Gasteiger partial charge on any atom is 0.172 e. The van der Waals surface area contributed by atoms with Gasteiger partial charge in [-0.1, -0.05) is 0 Å². The summed E-state index contributed by atoms with van der Waals surface area (Å²) in [5, 5.41) is 17.2. The topological polar surface area (TPSA) is 59.3 Å². The second-order valence-corrected chi connectivity index (χ2v) is 4.92. The van der Waals surface area contributed by atoms with Crippen LogP contribution in [0.3, 0.4) is 0 Å². The fraction of sp³-hybridized carbons (Fsp3) is 0.308. The Bertz CT molecular complexity index is 575. The quantitative estimate of drug-likeness (QED) is 0.856. The van der Waals surface area contributed by atoms with E-state index >= 15 is 0 Å². The molecule has 0 spiro atoms. The minimum absolute atomic E-state index is 0. The first-order valence-corrected chi connectivity index (χ1v) is 6.75. The van der Waals surface area contributed by atoms with Crippen molar-refractivity contribution in [1.29, 1.82) is 0 Å². The summed E-state index contributed by atoms with van der Waals surface area (Å²) in [5.41, 5.74) is 1.97. The highest BCUT2D eigenvalue weighted by molar-refractivity contribution is 9.10. The number of phenolic OH excluding ortho intramolecular Hbond substituents is 1. The SMILES string of the molecule is CCn1cc(NCc2cc(Br)c(O)c(OC)c2)cn1.Cl. The third-order valence-electron chi connectivity index (χ3n) is 2.76. The van der Waals surface area contributed by atoms with Crippen LogP contribution in [0.15, 0.2) is 29.0 Å². The zero-order valence-electron chi connectivity index (χ0n) is 11.3. The molecule has 0 unspecified atom stereocenters. The van der Waals surface area contributed by atoms with Crippen LogP contribution in [-0.2, 0) is 13.1 Å². The normalized spacial score (nSPS) is 9.95. The summed E-state index contributed by atoms with van der Waals surface area (Å²) in [6.45, 7) is 3.52. The number of aryl methyl sites for hydroxylation is 1. The predicted molar refractivity (Wildman–Crippen MR) is 84.8 cm³/mol. The molecule has 7 heteroatoms. The third-order valence-corrected chi connectivity index (χ3v) is 3.37. The molecule has 0 radical (unpaired) electrons. The van der Waals surface area contributed by atoms with Gasteiger partial charge in [0, 0.05) is 19.3 Å². The summed E-state index contributed by atoms with van der Waals surface area (Å²) in [7, 11) is 1.53. The lowest BCUT2D eigenvalue weighted by molar-refractivity contribution is 0.371. The van der Waals surface area contributed by atoms with Gasteiger partial charge in [-0.2, -0.15) is 5.10 Å². The summed E-state index contributed by atoms with van der Waals surface area (Å²) >= 11 is 3.31. The van der Waals surface area contributed by atoms with E-state index in [0.717, 1.165) is 17.8 Å². The Balaban J connectivity index is 0.00000200. The smallest absolute Gasteiger partial charge is 0.172 e. The fourth-order valence-corrected chi connectivity index (χ4v) is 2.21. The molecule has 0 aliphatic heterocycles. The molecule has 0 amide bonds. The summed E-state index contributed by atoms with van der Waals surface area (Å²) in [6, 6.07) is 3.66. The number of anilines is 1. The molecule has 2 aromatic rings. The van der Waals surface area contributed by atoms with Crippen molar-refractivity contribution in [2.75, 3.05) is 12.4 Å². The van der Waals surface area contributed by atoms with Crippen molar-refractivity contribution in [3.05, 3.63) is 34.6 Å². The van der Waals surface area contributed by atoms with Crippen LogP contribution in [0.5, 0.6) is 11.5 Å². The minimum atomic E-state index is 0. The lowest BCUT2D eigenvalue weighted by Crippen LogP contribution is -1.99. The van der Waals surface area contributed by atoms with Gasteiger partial charge < -0.3 is 15.2 Å². The van der Waals surface area contributed by atoms with Crippen LogP contribution >= 0.6 is 28.3 Å². The third kappa shape index (κ3) is 3.80. The summed E-state index contributed by atoms with van der Waals surface area (Å²) in [4.78, 5) is 0. The molecular weight excluding hydrogens is 346 g/mol. The van der Waals surface area contributed by atoms with E-state index < -0.39 is 0 Å². The van der Waals surface area contributed by atoms with Gasteiger partial charge in [0.15, 0.2) is 11.5 Å². The minimum Gasteiger partial charge on any atom is -0.503 e. The van der Waals surface area contributed by atoms with Gasteiger partial charge in [-0.15, -0.1) is 12.4 Å². The van der Waals surface area contributed by atoms with E-state index in [4.69, 9.17) is 4.74 Å². The lowest BCUT2D eigenvalue weighted by Gasteiger charge is -2.09. The molecule has 0 bridgehead atoms. The molecule has 0 aliphatic carbocycles. The van der Waals surface area contributed by atoms with Crippen LogP contribution in [0.2, 0.25) is 0 Å². The molecule has 1 heterocycles. The number of halogens is 2. The molecule has 5 nitrogen and oxygen atoms in total. The van der Waals surface area contributed by atoms with Gasteiger partial charge in [0.2, 0.25) is 0 Å². The number of aromatic hydroxyl groups is 1. The number of ether oxygens (including phenoxy) is 1. The number of methoxy groups -OCH3 is 1. The van der Waals surface area contributed by atoms with Gasteiger partial charge in [-0.05, 0) is 40.5 Å². The maximum absolute atomic E-state index is 9.74. The largest absolute Gasteiger partial charge is 0.503 e. The van der Waals surface area contributed by atoms with E-state index in [-0.39, 0.29) is 18.2 Å². The number of phenols is 1. The van der Waals surface area contributed by atoms with Crippen LogP contribution in [-0.4, -0.2) is 22.0 Å². The number of benzene rings is 1. The van der Waals surface area contributed by atoms with Gasteiger partial charge in [0.25, 0.3) is 0 Å². The predicted octanol–water partition coefficient (Wildman–Crippen LogP) is 3.41. The van der Waals surface area contributed by atoms with Gasteiger partial charge in [-0.25, -0.2) is 0 Å². The first-order chi connectivity index (χ1) is 9.13. The number of hydrogen-bond donors (Lipinski definition) is 2. The fourth-order valence-electron chi connectivity index (χ4n) is 1.72. The molecule has 0 saturated heterocycles. The standard InChI is InChI=1S/C13H16BrN3O2.ClH/c1-3-17-8-10(7-16-17)15-6-9-4-11(14)13(18)12(5-9)19-2;/h4-5,7-8,15,18H,3,6H2,1-2H3;1H. The molecule has 1 aromatic heterocycles. The van der Waals surface area contributed by atoms with Crippen LogP contribution in [0, 0.1) is 0 Å². The molecule has 20 heavy (non-hydrogen) atoms. The molecule has 2 rings (SSSR count). The average Bonchev–Trinajstić information content (AvgIpc) is 2.88. The number of rotatable bonds is 5. The van der Waals surface area contributed by atoms with Gasteiger partial charge in [0.1, 0.15) is 0 Å². The van der Waals surface area contributed by atoms with Gasteiger partial charge >= 0.3 is 0 Å². The van der Waals surface area contributed by atoms with Crippen LogP contribution in [0.4, 0.5) is 5.69 Å². The summed E-state index contributed by atoms with van der Waals surface area (Å²) < 4.78 is 7.59. The molecule has 0 aliphatic rings. The second-order valence-electron chi connectivity index (χ2n) is 4.07. The molecule has 0 atom stereocenters. The van der Waals surface area contributed by atoms with Crippen molar-refractivity contribution < 1.29 is 9.84 Å². The van der Waals surface area contributed by atoms with E-state index in [2.05, 4.69) is 26.3 Å². The highest BCUT2D eigenvalue weighted by Crippen LogP contribution is 2.35. The molecule has 2 N–H and O–H groups in total. The van der Waals surface area contributed by atoms with E-state index in [0.29, 0.717) is 16.8 Å². The highest BCUT2D eigenvalue weighted by Gasteiger charge is 2.08. The van der Waals surface area contributed by atoms with E-state index in [1.165, 1.54) is 7.11 Å². The van der Waals surface area contributed by atoms with E-state index in [1.807, 2.05) is 23.9 Å². The zero-order chi connectivity index (χ0) is 13.8. The first kappa shape index (κ1) is 16.7. The first-order valence-electron chi connectivity index (χ1n) is 5.95. The van der Waals surface area contributed by atoms with Crippen molar-refractivity contribution in [1.82, 2.24) is 9.78 Å². The zero-order valence-corrected chi connectivity index (χ0v) is 13.7. The highest BCUT2D eigenvalue weighted by atomic mass is 79.9. The van der Waals surface area contributed by atoms with Crippen molar-refractivity contribution in [3.8, 4) is 11.5 Å². The van der Waals surface area contributed by atoms with Crippen LogP contribution in [0.25, 0.3) is 0 Å². The van der Waals surface area contributed by atoms with E-state index in [1.54, 1.807) is 12.3 Å². The number of aromatic nitrogens is 2. The monoisotopic (exact) mass is 361 g/mol. The number of hydrogen-bond acceptors (Lipinski definition) is 4. The molecular formula is C13H17BrClN3O2. The molecule has 1 aromatic carbocycles. The van der Waals surface area contributed by atoms with Crippen molar-refractivity contribution >= 4 is 34.0 Å². The Morgan fingerprint density at radius 3 is 2.80 bits per heavy atom. The Morgan fingerprint density at radius 1 is 1.45 bits per heavy atom. The lowest BCUT2D eigenvalue weighted by atomic mass is 10.2. The number of nitrogens with zero attached hydrogens (tertiary/aromatic N) is 2. The second kappa shape index (κ2) is 7.40. The Morgan fingerprint density at radius 2 is 2.20 bits per heavy atom. The molecule has 110 valence electrons. The van der Waals surface area contributed by atoms with Crippen LogP contribution < -0.4 is 10.1 Å². The van der Waals surface area contributed by atoms with Gasteiger partial charge in [-0.3, -0.25) is 4.68 Å². The Hall–Kier alpha value is -1.40.